The summed E-state index contributed by atoms with van der Waals surface area (Å²) in [6.07, 6.45) is 15.2. The van der Waals surface area contributed by atoms with Gasteiger partial charge in [-0.3, -0.25) is 9.59 Å². The lowest BCUT2D eigenvalue weighted by Gasteiger charge is -2.69. The van der Waals surface area contributed by atoms with Crippen molar-refractivity contribution in [2.45, 2.75) is 99.8 Å². The number of hydrogen-bond acceptors (Lipinski definition) is 3. The Morgan fingerprint density at radius 1 is 0.941 bits per heavy atom. The lowest BCUT2D eigenvalue weighted by molar-refractivity contribution is -0.177. The van der Waals surface area contributed by atoms with Crippen LogP contribution >= 0.6 is 0 Å². The molecule has 0 aromatic rings. The van der Waals surface area contributed by atoms with Crippen molar-refractivity contribution in [1.82, 2.24) is 0 Å². The van der Waals surface area contributed by atoms with Crippen LogP contribution in [0.3, 0.4) is 0 Å². The van der Waals surface area contributed by atoms with Gasteiger partial charge in [-0.15, -0.1) is 0 Å². The van der Waals surface area contributed by atoms with Crippen LogP contribution in [0.4, 0.5) is 0 Å². The molecule has 0 spiro atoms. The van der Waals surface area contributed by atoms with Crippen molar-refractivity contribution in [3.63, 3.8) is 0 Å². The molecule has 3 fully saturated rings. The molecule has 0 aliphatic heterocycles. The topological polar surface area (TPSA) is 43.4 Å². The van der Waals surface area contributed by atoms with Crippen LogP contribution in [0.1, 0.15) is 99.8 Å². The Morgan fingerprint density at radius 3 is 2.29 bits per heavy atom. The number of ether oxygens (including phenoxy) is 1. The van der Waals surface area contributed by atoms with E-state index in [-0.39, 0.29) is 44.4 Å². The summed E-state index contributed by atoms with van der Waals surface area (Å²) in [5.41, 5.74) is 1.44. The van der Waals surface area contributed by atoms with Crippen LogP contribution in [0.25, 0.3) is 0 Å². The summed E-state index contributed by atoms with van der Waals surface area (Å²) in [7, 11) is 1.58. The number of rotatable bonds is 1. The molecular formula is C31H46O3. The second-order valence-corrected chi connectivity index (χ2v) is 14.6. The van der Waals surface area contributed by atoms with Gasteiger partial charge < -0.3 is 4.74 Å². The van der Waals surface area contributed by atoms with E-state index in [2.05, 4.69) is 60.6 Å². The van der Waals surface area contributed by atoms with Crippen molar-refractivity contribution in [3.8, 4) is 0 Å². The number of carbonyl (C=O) groups excluding carboxylic acids is 2. The van der Waals surface area contributed by atoms with E-state index < -0.39 is 0 Å². The molecule has 0 bridgehead atoms. The third-order valence-corrected chi connectivity index (χ3v) is 12.5. The van der Waals surface area contributed by atoms with Gasteiger partial charge in [0.25, 0.3) is 0 Å². The molecule has 0 amide bonds. The summed E-state index contributed by atoms with van der Waals surface area (Å²) in [6, 6.07) is 0. The molecule has 0 aromatic carbocycles. The molecule has 3 nitrogen and oxygen atoms in total. The van der Waals surface area contributed by atoms with Gasteiger partial charge >= 0.3 is 5.97 Å². The SMILES string of the molecule is COC(=O)[C@]12CCC(C)(C)C[C@H]1C1=CCC3[C@@]4(C)C=CC(=O)C(C)(C)[C@@H]4CC[C@@]3(C)[C@]1(C)CC2. The van der Waals surface area contributed by atoms with E-state index in [1.807, 2.05) is 6.08 Å². The zero-order valence-electron chi connectivity index (χ0n) is 22.8. The first kappa shape index (κ1) is 24.3. The van der Waals surface area contributed by atoms with Crippen molar-refractivity contribution >= 4 is 11.8 Å². The average Bonchev–Trinajstić information content (AvgIpc) is 2.76. The number of esters is 1. The molecule has 3 heteroatoms. The molecule has 0 N–H and O–H groups in total. The maximum atomic E-state index is 13.3. The van der Waals surface area contributed by atoms with E-state index in [1.54, 1.807) is 12.7 Å². The van der Waals surface area contributed by atoms with E-state index >= 15 is 0 Å². The second-order valence-electron chi connectivity index (χ2n) is 14.6. The summed E-state index contributed by atoms with van der Waals surface area (Å²) in [5, 5.41) is 0. The van der Waals surface area contributed by atoms with Crippen molar-refractivity contribution in [2.24, 2.45) is 50.2 Å². The first-order valence-corrected chi connectivity index (χ1v) is 13.7. The minimum Gasteiger partial charge on any atom is -0.469 e. The third-order valence-electron chi connectivity index (χ3n) is 12.5. The Bertz CT molecular complexity index is 985. The molecule has 3 saturated carbocycles. The van der Waals surface area contributed by atoms with Crippen molar-refractivity contribution in [1.29, 1.82) is 0 Å². The highest BCUT2D eigenvalue weighted by atomic mass is 16.5. The standard InChI is InChI=1S/C31H46O3/c1-26(2)15-17-31(25(33)34-8)18-16-29(6)20(21(31)19-26)9-10-23-28(5)13-12-24(32)27(3,4)22(28)11-14-30(23,29)7/h9,12-13,21-23H,10-11,14-19H2,1-8H3/t21-,22-,23?,28-,29+,30+,31-/m0/s1. The molecule has 0 radical (unpaired) electrons. The molecule has 5 aliphatic rings. The van der Waals surface area contributed by atoms with Crippen molar-refractivity contribution in [2.75, 3.05) is 7.11 Å². The van der Waals surface area contributed by atoms with E-state index in [4.69, 9.17) is 4.74 Å². The van der Waals surface area contributed by atoms with E-state index in [9.17, 15) is 9.59 Å². The summed E-state index contributed by atoms with van der Waals surface area (Å²) in [4.78, 5) is 26.2. The van der Waals surface area contributed by atoms with Gasteiger partial charge in [0.2, 0.25) is 0 Å². The fraction of sp³-hybridized carbons (Fsp3) is 0.806. The van der Waals surface area contributed by atoms with Crippen LogP contribution in [0, 0.1) is 50.2 Å². The number of carbonyl (C=O) groups is 2. The second kappa shape index (κ2) is 7.10. The Balaban J connectivity index is 1.62. The molecule has 34 heavy (non-hydrogen) atoms. The van der Waals surface area contributed by atoms with Crippen molar-refractivity contribution < 1.29 is 14.3 Å². The van der Waals surface area contributed by atoms with E-state index in [0.717, 1.165) is 51.4 Å². The first-order valence-electron chi connectivity index (χ1n) is 13.7. The summed E-state index contributed by atoms with van der Waals surface area (Å²) in [5.74, 6) is 1.50. The minimum absolute atomic E-state index is 0.0226. The van der Waals surface area contributed by atoms with Gasteiger partial charge in [0.1, 0.15) is 0 Å². The molecule has 0 saturated heterocycles. The largest absolute Gasteiger partial charge is 0.469 e. The molecule has 188 valence electrons. The Morgan fingerprint density at radius 2 is 1.62 bits per heavy atom. The first-order chi connectivity index (χ1) is 15.7. The van der Waals surface area contributed by atoms with Gasteiger partial charge in [-0.1, -0.05) is 66.2 Å². The van der Waals surface area contributed by atoms with E-state index in [1.165, 1.54) is 0 Å². The predicted octanol–water partition coefficient (Wildman–Crippen LogP) is 7.31. The lowest BCUT2D eigenvalue weighted by atomic mass is 9.34. The summed E-state index contributed by atoms with van der Waals surface area (Å²) >= 11 is 0. The lowest BCUT2D eigenvalue weighted by Crippen LogP contribution is -2.64. The highest BCUT2D eigenvalue weighted by Crippen LogP contribution is 2.75. The van der Waals surface area contributed by atoms with Gasteiger partial charge in [-0.25, -0.2) is 0 Å². The normalized spacial score (nSPS) is 48.5. The molecule has 5 aliphatic carbocycles. The molecule has 0 heterocycles. The summed E-state index contributed by atoms with van der Waals surface area (Å²) in [6.45, 7) is 16.6. The monoisotopic (exact) mass is 466 g/mol. The number of methoxy groups -OCH3 is 1. The van der Waals surface area contributed by atoms with Gasteiger partial charge in [-0.05, 0) is 96.9 Å². The highest BCUT2D eigenvalue weighted by Gasteiger charge is 2.68. The smallest absolute Gasteiger partial charge is 0.312 e. The number of fused-ring (bicyclic) bond motifs is 7. The Labute approximate surface area is 207 Å². The highest BCUT2D eigenvalue weighted by molar-refractivity contribution is 5.95. The van der Waals surface area contributed by atoms with Crippen LogP contribution < -0.4 is 0 Å². The molecule has 5 rings (SSSR count). The molecule has 0 aromatic heterocycles. The Kier molecular flexibility index (Phi) is 5.08. The Hall–Kier alpha value is -1.38. The third kappa shape index (κ3) is 2.82. The maximum Gasteiger partial charge on any atom is 0.312 e. The number of ketones is 1. The molecular weight excluding hydrogens is 420 g/mol. The van der Waals surface area contributed by atoms with Crippen LogP contribution in [-0.2, 0) is 14.3 Å². The zero-order chi connectivity index (χ0) is 24.9. The predicted molar refractivity (Wildman–Crippen MR) is 136 cm³/mol. The fourth-order valence-electron chi connectivity index (χ4n) is 10.1. The molecule has 7 atom stereocenters. The molecule has 1 unspecified atom stereocenters. The van der Waals surface area contributed by atoms with E-state index in [0.29, 0.717) is 17.6 Å². The van der Waals surface area contributed by atoms with Crippen LogP contribution in [-0.4, -0.2) is 18.9 Å². The van der Waals surface area contributed by atoms with Gasteiger partial charge in [0.15, 0.2) is 5.78 Å². The van der Waals surface area contributed by atoms with Crippen LogP contribution in [0.5, 0.6) is 0 Å². The number of hydrogen-bond donors (Lipinski definition) is 0. The maximum absolute atomic E-state index is 13.3. The average molecular weight is 467 g/mol. The van der Waals surface area contributed by atoms with Gasteiger partial charge in [-0.2, -0.15) is 0 Å². The fourth-order valence-corrected chi connectivity index (χ4v) is 10.1. The van der Waals surface area contributed by atoms with Gasteiger partial charge in [0, 0.05) is 5.41 Å². The van der Waals surface area contributed by atoms with Crippen molar-refractivity contribution in [3.05, 3.63) is 23.8 Å². The summed E-state index contributed by atoms with van der Waals surface area (Å²) < 4.78 is 5.47. The minimum atomic E-state index is -0.348. The van der Waals surface area contributed by atoms with Crippen LogP contribution in [0.15, 0.2) is 23.8 Å². The van der Waals surface area contributed by atoms with Gasteiger partial charge in [0.05, 0.1) is 12.5 Å². The quantitative estimate of drug-likeness (QED) is 0.301. The zero-order valence-corrected chi connectivity index (χ0v) is 22.8. The van der Waals surface area contributed by atoms with Crippen LogP contribution in [0.2, 0.25) is 0 Å². The number of allylic oxidation sites excluding steroid dienone is 4.